The van der Waals surface area contributed by atoms with E-state index in [1.54, 1.807) is 24.3 Å². The number of amides is 1. The summed E-state index contributed by atoms with van der Waals surface area (Å²) in [4.78, 5) is 12.0. The Bertz CT molecular complexity index is 452. The minimum atomic E-state index is -0.112. The number of amidine groups is 1. The van der Waals surface area contributed by atoms with E-state index in [0.717, 1.165) is 6.42 Å². The topological polar surface area (TPSA) is 87.7 Å². The van der Waals surface area contributed by atoms with Crippen molar-refractivity contribution in [1.82, 2.24) is 5.32 Å². The lowest BCUT2D eigenvalue weighted by Gasteiger charge is -2.16. The number of carbonyl (C=O) groups is 1. The number of hydrogen-bond donors (Lipinski definition) is 3. The molecule has 0 saturated carbocycles. The van der Waals surface area contributed by atoms with Crippen LogP contribution in [0.2, 0.25) is 0 Å². The van der Waals surface area contributed by atoms with Crippen molar-refractivity contribution in [3.8, 4) is 0 Å². The van der Waals surface area contributed by atoms with Gasteiger partial charge in [-0.25, -0.2) is 0 Å². The van der Waals surface area contributed by atoms with E-state index in [4.69, 9.17) is 10.9 Å². The summed E-state index contributed by atoms with van der Waals surface area (Å²) >= 11 is 0. The van der Waals surface area contributed by atoms with Gasteiger partial charge in [-0.2, -0.15) is 0 Å². The van der Waals surface area contributed by atoms with Crippen molar-refractivity contribution in [2.45, 2.75) is 33.2 Å². The third-order valence-corrected chi connectivity index (χ3v) is 2.75. The van der Waals surface area contributed by atoms with Crippen molar-refractivity contribution in [3.05, 3.63) is 35.4 Å². The zero-order valence-corrected chi connectivity index (χ0v) is 11.6. The molecule has 1 rings (SSSR count). The minimum Gasteiger partial charge on any atom is -0.409 e. The molecule has 0 heterocycles. The van der Waals surface area contributed by atoms with Crippen LogP contribution in [0.5, 0.6) is 0 Å². The molecular formula is C14H21N3O2. The standard InChI is InChI=1S/C14H21N3O2/c1-9(2)8-10(3)16-14(18)12-6-4-11(5-7-12)13(15)17-19/h4-7,9-10,19H,8H2,1-3H3,(H2,15,17)(H,16,18). The second-order valence-electron chi connectivity index (χ2n) is 5.07. The number of nitrogens with one attached hydrogen (secondary N) is 1. The first-order valence-corrected chi connectivity index (χ1v) is 6.32. The van der Waals surface area contributed by atoms with E-state index < -0.39 is 0 Å². The fourth-order valence-corrected chi connectivity index (χ4v) is 1.92. The Hall–Kier alpha value is -2.04. The summed E-state index contributed by atoms with van der Waals surface area (Å²) in [6.45, 7) is 6.23. The first-order valence-electron chi connectivity index (χ1n) is 6.32. The van der Waals surface area contributed by atoms with Gasteiger partial charge in [0.25, 0.3) is 5.91 Å². The van der Waals surface area contributed by atoms with Crippen LogP contribution in [0.3, 0.4) is 0 Å². The SMILES string of the molecule is CC(C)CC(C)NC(=O)c1ccc(/C(N)=N/O)cc1. The van der Waals surface area contributed by atoms with E-state index in [1.165, 1.54) is 0 Å². The van der Waals surface area contributed by atoms with Crippen LogP contribution in [-0.4, -0.2) is 23.0 Å². The van der Waals surface area contributed by atoms with Gasteiger partial charge >= 0.3 is 0 Å². The van der Waals surface area contributed by atoms with Crippen molar-refractivity contribution in [1.29, 1.82) is 0 Å². The fraction of sp³-hybridized carbons (Fsp3) is 0.429. The molecule has 1 amide bonds. The molecule has 0 saturated heterocycles. The van der Waals surface area contributed by atoms with Crippen LogP contribution in [0.15, 0.2) is 29.4 Å². The van der Waals surface area contributed by atoms with Crippen LogP contribution < -0.4 is 11.1 Å². The molecule has 0 aromatic heterocycles. The molecule has 0 fully saturated rings. The highest BCUT2D eigenvalue weighted by molar-refractivity contribution is 5.99. The average Bonchev–Trinajstić information content (AvgIpc) is 2.36. The van der Waals surface area contributed by atoms with E-state index in [2.05, 4.69) is 24.3 Å². The second-order valence-corrected chi connectivity index (χ2v) is 5.07. The van der Waals surface area contributed by atoms with Gasteiger partial charge in [0, 0.05) is 17.2 Å². The maximum absolute atomic E-state index is 12.0. The highest BCUT2D eigenvalue weighted by Crippen LogP contribution is 2.07. The van der Waals surface area contributed by atoms with E-state index >= 15 is 0 Å². The van der Waals surface area contributed by atoms with Gasteiger partial charge in [-0.15, -0.1) is 0 Å². The normalized spacial score (nSPS) is 13.4. The minimum absolute atomic E-state index is 0.0279. The van der Waals surface area contributed by atoms with Gasteiger partial charge in [0.1, 0.15) is 0 Å². The zero-order chi connectivity index (χ0) is 14.4. The van der Waals surface area contributed by atoms with Crippen LogP contribution in [0.1, 0.15) is 43.1 Å². The van der Waals surface area contributed by atoms with Crippen LogP contribution in [0.4, 0.5) is 0 Å². The molecule has 0 aliphatic carbocycles. The van der Waals surface area contributed by atoms with Crippen LogP contribution >= 0.6 is 0 Å². The summed E-state index contributed by atoms with van der Waals surface area (Å²) in [7, 11) is 0. The predicted octanol–water partition coefficient (Wildman–Crippen LogP) is 1.95. The summed E-state index contributed by atoms with van der Waals surface area (Å²) in [6.07, 6.45) is 0.938. The smallest absolute Gasteiger partial charge is 0.251 e. The van der Waals surface area contributed by atoms with Gasteiger partial charge in [-0.1, -0.05) is 31.1 Å². The molecule has 0 bridgehead atoms. The number of rotatable bonds is 5. The van der Waals surface area contributed by atoms with Gasteiger partial charge in [0.05, 0.1) is 0 Å². The lowest BCUT2D eigenvalue weighted by Crippen LogP contribution is -2.33. The maximum atomic E-state index is 12.0. The monoisotopic (exact) mass is 263 g/mol. The van der Waals surface area contributed by atoms with Crippen molar-refractivity contribution in [2.75, 3.05) is 0 Å². The Labute approximate surface area is 113 Å². The lowest BCUT2D eigenvalue weighted by molar-refractivity contribution is 0.0936. The fourth-order valence-electron chi connectivity index (χ4n) is 1.92. The van der Waals surface area contributed by atoms with E-state index in [0.29, 0.717) is 17.0 Å². The van der Waals surface area contributed by atoms with E-state index in [9.17, 15) is 4.79 Å². The Balaban J connectivity index is 2.68. The van der Waals surface area contributed by atoms with Gasteiger partial charge in [0.2, 0.25) is 0 Å². The van der Waals surface area contributed by atoms with Crippen molar-refractivity contribution in [3.63, 3.8) is 0 Å². The summed E-state index contributed by atoms with van der Waals surface area (Å²) in [5.74, 6) is 0.456. The summed E-state index contributed by atoms with van der Waals surface area (Å²) in [6, 6.07) is 6.75. The molecule has 1 aromatic carbocycles. The van der Waals surface area contributed by atoms with Crippen molar-refractivity contribution < 1.29 is 10.0 Å². The molecule has 1 aromatic rings. The molecule has 0 radical (unpaired) electrons. The molecule has 1 unspecified atom stereocenters. The number of nitrogens with two attached hydrogens (primary N) is 1. The highest BCUT2D eigenvalue weighted by atomic mass is 16.4. The molecule has 104 valence electrons. The van der Waals surface area contributed by atoms with E-state index in [-0.39, 0.29) is 17.8 Å². The number of nitrogens with zero attached hydrogens (tertiary/aromatic N) is 1. The average molecular weight is 263 g/mol. The number of hydrogen-bond acceptors (Lipinski definition) is 3. The number of benzene rings is 1. The van der Waals surface area contributed by atoms with E-state index in [1.807, 2.05) is 6.92 Å². The molecule has 1 atom stereocenters. The summed E-state index contributed by atoms with van der Waals surface area (Å²) in [5.41, 5.74) is 6.59. The summed E-state index contributed by atoms with van der Waals surface area (Å²) < 4.78 is 0. The molecule has 4 N–H and O–H groups in total. The van der Waals surface area contributed by atoms with Crippen molar-refractivity contribution >= 4 is 11.7 Å². The zero-order valence-electron chi connectivity index (χ0n) is 11.6. The Morgan fingerprint density at radius 1 is 1.26 bits per heavy atom. The quantitative estimate of drug-likeness (QED) is 0.328. The second kappa shape index (κ2) is 6.78. The van der Waals surface area contributed by atoms with Crippen LogP contribution in [0.25, 0.3) is 0 Å². The molecule has 0 spiro atoms. The third kappa shape index (κ3) is 4.62. The highest BCUT2D eigenvalue weighted by Gasteiger charge is 2.11. The molecule has 5 heteroatoms. The Kier molecular flexibility index (Phi) is 5.36. The first kappa shape index (κ1) is 15.0. The third-order valence-electron chi connectivity index (χ3n) is 2.75. The van der Waals surface area contributed by atoms with Gasteiger partial charge in [-0.05, 0) is 31.4 Å². The van der Waals surface area contributed by atoms with Gasteiger partial charge in [0.15, 0.2) is 5.84 Å². The van der Waals surface area contributed by atoms with Crippen molar-refractivity contribution in [2.24, 2.45) is 16.8 Å². The van der Waals surface area contributed by atoms with Gasteiger partial charge < -0.3 is 16.3 Å². The van der Waals surface area contributed by atoms with Crippen LogP contribution in [-0.2, 0) is 0 Å². The first-order chi connectivity index (χ1) is 8.93. The predicted molar refractivity (Wildman–Crippen MR) is 75.3 cm³/mol. The molecule has 5 nitrogen and oxygen atoms in total. The number of oxime groups is 1. The molecule has 0 aliphatic rings. The number of carbonyl (C=O) groups excluding carboxylic acids is 1. The van der Waals surface area contributed by atoms with Gasteiger partial charge in [-0.3, -0.25) is 4.79 Å². The van der Waals surface area contributed by atoms with Crippen LogP contribution in [0, 0.1) is 5.92 Å². The molecular weight excluding hydrogens is 242 g/mol. The molecule has 0 aliphatic heterocycles. The Morgan fingerprint density at radius 3 is 2.26 bits per heavy atom. The largest absolute Gasteiger partial charge is 0.409 e. The Morgan fingerprint density at radius 2 is 1.79 bits per heavy atom. The summed E-state index contributed by atoms with van der Waals surface area (Å²) in [5, 5.41) is 14.4. The maximum Gasteiger partial charge on any atom is 0.251 e. The lowest BCUT2D eigenvalue weighted by atomic mass is 10.0. The molecule has 19 heavy (non-hydrogen) atoms.